The van der Waals surface area contributed by atoms with Crippen LogP contribution in [0.25, 0.3) is 22.4 Å². The maximum atomic E-state index is 2.64. The first-order valence-electron chi connectivity index (χ1n) is 9.98. The summed E-state index contributed by atoms with van der Waals surface area (Å²) in [6.45, 7) is 9.15. The van der Waals surface area contributed by atoms with Crippen molar-refractivity contribution in [3.63, 3.8) is 0 Å². The number of rotatable bonds is 2. The summed E-state index contributed by atoms with van der Waals surface area (Å²) in [5.41, 5.74) is 7.00. The summed E-state index contributed by atoms with van der Waals surface area (Å²) in [4.78, 5) is 0. The van der Waals surface area contributed by atoms with Gasteiger partial charge in [0, 0.05) is 0 Å². The molecule has 0 aliphatic heterocycles. The standard InChI is InChI=1S/C24H31N2/c1-17-14-15-18(24(2,3)4)16-20(17)23-25(5)21-12-8-9-13-22(21)26(23)19-10-6-7-11-19/h8-9,12-16,19H,6-7,10-11H2,1-5H3/q+1. The molecule has 0 N–H and O–H groups in total. The van der Waals surface area contributed by atoms with Crippen LogP contribution in [-0.4, -0.2) is 4.57 Å². The van der Waals surface area contributed by atoms with Crippen LogP contribution in [0.1, 0.15) is 63.6 Å². The van der Waals surface area contributed by atoms with Gasteiger partial charge in [0.05, 0.1) is 12.6 Å². The second-order valence-electron chi connectivity index (χ2n) is 8.96. The highest BCUT2D eigenvalue weighted by Gasteiger charge is 2.32. The third kappa shape index (κ3) is 2.76. The van der Waals surface area contributed by atoms with E-state index < -0.39 is 0 Å². The van der Waals surface area contributed by atoms with Gasteiger partial charge in [0.25, 0.3) is 5.82 Å². The molecule has 0 radical (unpaired) electrons. The van der Waals surface area contributed by atoms with Crippen LogP contribution in [0.3, 0.4) is 0 Å². The molecule has 3 aromatic rings. The van der Waals surface area contributed by atoms with Gasteiger partial charge in [-0.15, -0.1) is 0 Å². The summed E-state index contributed by atoms with van der Waals surface area (Å²) in [7, 11) is 2.23. The van der Waals surface area contributed by atoms with Crippen molar-refractivity contribution in [2.45, 2.75) is 64.8 Å². The number of imidazole rings is 1. The Kier molecular flexibility index (Phi) is 4.17. The maximum Gasteiger partial charge on any atom is 0.290 e. The van der Waals surface area contributed by atoms with E-state index >= 15 is 0 Å². The van der Waals surface area contributed by atoms with E-state index in [1.54, 1.807) is 0 Å². The van der Waals surface area contributed by atoms with Crippen molar-refractivity contribution in [2.24, 2.45) is 7.05 Å². The minimum atomic E-state index is 0.158. The van der Waals surface area contributed by atoms with Gasteiger partial charge in [-0.25, -0.2) is 9.13 Å². The molecule has 1 aromatic heterocycles. The predicted octanol–water partition coefficient (Wildman–Crippen LogP) is 5.85. The Labute approximate surface area is 157 Å². The van der Waals surface area contributed by atoms with E-state index in [1.807, 2.05) is 0 Å². The van der Waals surface area contributed by atoms with Crippen LogP contribution in [0.2, 0.25) is 0 Å². The lowest BCUT2D eigenvalue weighted by Gasteiger charge is -2.20. The molecule has 2 nitrogen and oxygen atoms in total. The summed E-state index contributed by atoms with van der Waals surface area (Å²) in [5.74, 6) is 1.36. The number of benzene rings is 2. The second-order valence-corrected chi connectivity index (χ2v) is 8.96. The lowest BCUT2D eigenvalue weighted by molar-refractivity contribution is -0.634. The van der Waals surface area contributed by atoms with Crippen molar-refractivity contribution in [2.75, 3.05) is 0 Å². The van der Waals surface area contributed by atoms with Crippen LogP contribution in [0.5, 0.6) is 0 Å². The Morgan fingerprint density at radius 3 is 2.38 bits per heavy atom. The Hall–Kier alpha value is -2.09. The molecule has 0 saturated heterocycles. The molecule has 1 saturated carbocycles. The zero-order chi connectivity index (χ0) is 18.5. The minimum absolute atomic E-state index is 0.158. The van der Waals surface area contributed by atoms with E-state index in [1.165, 1.54) is 59.2 Å². The molecule has 0 spiro atoms. The fraction of sp³-hybridized carbons (Fsp3) is 0.458. The quantitative estimate of drug-likeness (QED) is 0.514. The number of nitrogens with zero attached hydrogens (tertiary/aromatic N) is 2. The Morgan fingerprint density at radius 2 is 1.69 bits per heavy atom. The van der Waals surface area contributed by atoms with Crippen LogP contribution in [0.15, 0.2) is 42.5 Å². The van der Waals surface area contributed by atoms with Gasteiger partial charge < -0.3 is 0 Å². The van der Waals surface area contributed by atoms with Gasteiger partial charge in [0.1, 0.15) is 6.04 Å². The van der Waals surface area contributed by atoms with Crippen LogP contribution in [0, 0.1) is 6.92 Å². The molecule has 1 aliphatic rings. The number of hydrogen-bond acceptors (Lipinski definition) is 0. The van der Waals surface area contributed by atoms with E-state index in [4.69, 9.17) is 0 Å². The molecule has 2 heteroatoms. The number of aromatic nitrogens is 2. The Balaban J connectivity index is 2.03. The molecular formula is C24H31N2+. The predicted molar refractivity (Wildman–Crippen MR) is 109 cm³/mol. The van der Waals surface area contributed by atoms with Crippen molar-refractivity contribution >= 4 is 11.0 Å². The Bertz CT molecular complexity index is 950. The van der Waals surface area contributed by atoms with E-state index in [0.29, 0.717) is 6.04 Å². The summed E-state index contributed by atoms with van der Waals surface area (Å²) >= 11 is 0. The SMILES string of the molecule is Cc1ccc(C(C)(C)C)cc1-c1n(C2CCCC2)c2ccccc2[n+]1C. The second kappa shape index (κ2) is 6.26. The number of hydrogen-bond donors (Lipinski definition) is 0. The number of para-hydroxylation sites is 2. The molecule has 0 unspecified atom stereocenters. The van der Waals surface area contributed by atoms with E-state index in [2.05, 4.69) is 86.3 Å². The molecule has 4 rings (SSSR count). The van der Waals surface area contributed by atoms with Gasteiger partial charge in [0.15, 0.2) is 11.0 Å². The van der Waals surface area contributed by atoms with Gasteiger partial charge in [-0.3, -0.25) is 0 Å². The zero-order valence-electron chi connectivity index (χ0n) is 16.8. The lowest BCUT2D eigenvalue weighted by Crippen LogP contribution is -2.31. The number of fused-ring (bicyclic) bond motifs is 1. The third-order valence-electron chi connectivity index (χ3n) is 6.08. The topological polar surface area (TPSA) is 8.81 Å². The van der Waals surface area contributed by atoms with Gasteiger partial charge in [-0.05, 0) is 67.3 Å². The summed E-state index contributed by atoms with van der Waals surface area (Å²) in [6.07, 6.45) is 5.29. The highest BCUT2D eigenvalue weighted by atomic mass is 15.2. The minimum Gasteiger partial charge on any atom is -0.226 e. The fourth-order valence-electron chi connectivity index (χ4n) is 4.51. The van der Waals surface area contributed by atoms with Crippen molar-refractivity contribution in [1.29, 1.82) is 0 Å². The summed E-state index contributed by atoms with van der Waals surface area (Å²) < 4.78 is 5.04. The van der Waals surface area contributed by atoms with Crippen LogP contribution in [0.4, 0.5) is 0 Å². The van der Waals surface area contributed by atoms with Crippen LogP contribution >= 0.6 is 0 Å². The Morgan fingerprint density at radius 1 is 1.00 bits per heavy atom. The van der Waals surface area contributed by atoms with E-state index in [9.17, 15) is 0 Å². The van der Waals surface area contributed by atoms with E-state index in [-0.39, 0.29) is 5.41 Å². The lowest BCUT2D eigenvalue weighted by atomic mass is 9.85. The zero-order valence-corrected chi connectivity index (χ0v) is 16.8. The largest absolute Gasteiger partial charge is 0.290 e. The molecule has 0 amide bonds. The van der Waals surface area contributed by atoms with Gasteiger partial charge in [0.2, 0.25) is 0 Å². The van der Waals surface area contributed by atoms with Crippen molar-refractivity contribution < 1.29 is 4.57 Å². The summed E-state index contributed by atoms with van der Waals surface area (Å²) in [5, 5.41) is 0. The molecule has 26 heavy (non-hydrogen) atoms. The molecular weight excluding hydrogens is 316 g/mol. The third-order valence-corrected chi connectivity index (χ3v) is 6.08. The van der Waals surface area contributed by atoms with Crippen LogP contribution in [-0.2, 0) is 12.5 Å². The maximum absolute atomic E-state index is 2.64. The molecule has 1 heterocycles. The summed E-state index contributed by atoms with van der Waals surface area (Å²) in [6, 6.07) is 16.5. The molecule has 2 aromatic carbocycles. The molecule has 1 aliphatic carbocycles. The highest BCUT2D eigenvalue weighted by Crippen LogP contribution is 2.37. The van der Waals surface area contributed by atoms with Gasteiger partial charge >= 0.3 is 0 Å². The molecule has 0 bridgehead atoms. The molecule has 0 atom stereocenters. The normalized spacial score (nSPS) is 15.9. The first-order chi connectivity index (χ1) is 12.4. The van der Waals surface area contributed by atoms with Gasteiger partial charge in [-0.1, -0.05) is 45.0 Å². The van der Waals surface area contributed by atoms with E-state index in [0.717, 1.165) is 0 Å². The van der Waals surface area contributed by atoms with Crippen LogP contribution < -0.4 is 4.57 Å². The van der Waals surface area contributed by atoms with Gasteiger partial charge in [-0.2, -0.15) is 0 Å². The average Bonchev–Trinajstić information content (AvgIpc) is 3.21. The van der Waals surface area contributed by atoms with Crippen molar-refractivity contribution in [3.05, 3.63) is 53.6 Å². The first-order valence-corrected chi connectivity index (χ1v) is 9.98. The number of aryl methyl sites for hydroxylation is 2. The highest BCUT2D eigenvalue weighted by molar-refractivity contribution is 5.77. The molecule has 136 valence electrons. The monoisotopic (exact) mass is 347 g/mol. The fourth-order valence-corrected chi connectivity index (χ4v) is 4.51. The van der Waals surface area contributed by atoms with Crippen molar-refractivity contribution in [1.82, 2.24) is 4.57 Å². The smallest absolute Gasteiger partial charge is 0.226 e. The molecule has 1 fully saturated rings. The average molecular weight is 348 g/mol. The van der Waals surface area contributed by atoms with Crippen molar-refractivity contribution in [3.8, 4) is 11.4 Å². The first kappa shape index (κ1) is 17.3.